The molecule has 0 aromatic heterocycles. The molecule has 32 heavy (non-hydrogen) atoms. The van der Waals surface area contributed by atoms with Crippen LogP contribution >= 0.6 is 0 Å². The van der Waals surface area contributed by atoms with Crippen molar-refractivity contribution in [2.45, 2.75) is 32.7 Å². The number of carbonyl (C=O) groups excluding carboxylic acids is 1. The van der Waals surface area contributed by atoms with Gasteiger partial charge in [0.25, 0.3) is 0 Å². The molecule has 1 N–H and O–H groups in total. The van der Waals surface area contributed by atoms with Gasteiger partial charge in [-0.05, 0) is 67.2 Å². The molecule has 0 saturated carbocycles. The number of nitrogens with zero attached hydrogens (tertiary/aromatic N) is 1. The standard InChI is InChI=1S/C29H32N2O/c1-23-9-14-26(15-10-23)27-8-6-7-24(21-27)13-18-29(32)30-28-16-11-25(12-17-28)22-31(2)19-4-3-5-20-31/h6-18,21H,3-5,19-20,22H2,1-2H3/p+1/b18-13+. The van der Waals surface area contributed by atoms with Crippen LogP contribution in [0.5, 0.6) is 0 Å². The summed E-state index contributed by atoms with van der Waals surface area (Å²) in [6.07, 6.45) is 7.48. The lowest BCUT2D eigenvalue weighted by Crippen LogP contribution is -2.46. The minimum atomic E-state index is -0.117. The molecule has 3 heteroatoms. The lowest BCUT2D eigenvalue weighted by atomic mass is 10.0. The second-order valence-electron chi connectivity index (χ2n) is 9.30. The number of likely N-dealkylation sites (tertiary alicyclic amines) is 1. The average molecular weight is 426 g/mol. The lowest BCUT2D eigenvalue weighted by Gasteiger charge is -2.37. The van der Waals surface area contributed by atoms with Crippen molar-refractivity contribution in [1.82, 2.24) is 0 Å². The maximum Gasteiger partial charge on any atom is 0.248 e. The highest BCUT2D eigenvalue weighted by Gasteiger charge is 2.24. The second-order valence-corrected chi connectivity index (χ2v) is 9.30. The highest BCUT2D eigenvalue weighted by molar-refractivity contribution is 6.02. The number of rotatable bonds is 6. The minimum absolute atomic E-state index is 0.117. The van der Waals surface area contributed by atoms with Crippen molar-refractivity contribution in [3.63, 3.8) is 0 Å². The van der Waals surface area contributed by atoms with Crippen molar-refractivity contribution < 1.29 is 9.28 Å². The molecule has 1 aliphatic rings. The van der Waals surface area contributed by atoms with Gasteiger partial charge in [-0.1, -0.05) is 60.2 Å². The first-order valence-corrected chi connectivity index (χ1v) is 11.6. The summed E-state index contributed by atoms with van der Waals surface area (Å²) in [5.74, 6) is -0.117. The maximum atomic E-state index is 12.4. The molecule has 0 aliphatic carbocycles. The Morgan fingerprint density at radius 1 is 0.906 bits per heavy atom. The topological polar surface area (TPSA) is 29.1 Å². The molecular weight excluding hydrogens is 392 g/mol. The van der Waals surface area contributed by atoms with E-state index in [4.69, 9.17) is 0 Å². The molecule has 1 fully saturated rings. The van der Waals surface area contributed by atoms with Gasteiger partial charge in [-0.2, -0.15) is 0 Å². The first kappa shape index (κ1) is 22.0. The summed E-state index contributed by atoms with van der Waals surface area (Å²) in [4.78, 5) is 12.4. The largest absolute Gasteiger partial charge is 0.323 e. The van der Waals surface area contributed by atoms with E-state index in [1.807, 2.05) is 30.3 Å². The average Bonchev–Trinajstić information content (AvgIpc) is 2.80. The van der Waals surface area contributed by atoms with E-state index in [1.165, 1.54) is 49.0 Å². The van der Waals surface area contributed by atoms with E-state index in [1.54, 1.807) is 6.08 Å². The fourth-order valence-electron chi connectivity index (χ4n) is 4.49. The van der Waals surface area contributed by atoms with Gasteiger partial charge in [0.15, 0.2) is 0 Å². The monoisotopic (exact) mass is 425 g/mol. The molecular formula is C29H33N2O+. The first-order chi connectivity index (χ1) is 15.5. The summed E-state index contributed by atoms with van der Waals surface area (Å²) in [5, 5.41) is 2.97. The van der Waals surface area contributed by atoms with Crippen LogP contribution in [0.2, 0.25) is 0 Å². The van der Waals surface area contributed by atoms with Crippen LogP contribution in [0.25, 0.3) is 17.2 Å². The normalized spacial score (nSPS) is 15.6. The third-order valence-electron chi connectivity index (χ3n) is 6.38. The van der Waals surface area contributed by atoms with Crippen molar-refractivity contribution in [2.24, 2.45) is 0 Å². The van der Waals surface area contributed by atoms with Crippen LogP contribution in [0, 0.1) is 6.92 Å². The van der Waals surface area contributed by atoms with Gasteiger partial charge in [0.05, 0.1) is 20.1 Å². The summed E-state index contributed by atoms with van der Waals surface area (Å²) in [6.45, 7) is 5.67. The highest BCUT2D eigenvalue weighted by Crippen LogP contribution is 2.22. The number of piperidine rings is 1. The molecule has 0 bridgehead atoms. The van der Waals surface area contributed by atoms with Gasteiger partial charge >= 0.3 is 0 Å². The number of benzene rings is 3. The molecule has 3 aromatic carbocycles. The summed E-state index contributed by atoms with van der Waals surface area (Å²) in [6, 6.07) is 25.0. The number of amides is 1. The smallest absolute Gasteiger partial charge is 0.248 e. The Balaban J connectivity index is 1.35. The molecule has 4 rings (SSSR count). The van der Waals surface area contributed by atoms with Crippen molar-refractivity contribution in [3.8, 4) is 11.1 Å². The van der Waals surface area contributed by atoms with E-state index in [0.717, 1.165) is 27.8 Å². The van der Waals surface area contributed by atoms with E-state index in [9.17, 15) is 4.79 Å². The first-order valence-electron chi connectivity index (χ1n) is 11.6. The molecule has 0 unspecified atom stereocenters. The summed E-state index contributed by atoms with van der Waals surface area (Å²) in [5.41, 5.74) is 6.74. The Kier molecular flexibility index (Phi) is 6.87. The number of quaternary nitrogens is 1. The van der Waals surface area contributed by atoms with Crippen molar-refractivity contribution in [3.05, 3.63) is 95.6 Å². The Morgan fingerprint density at radius 2 is 1.62 bits per heavy atom. The number of hydrogen-bond acceptors (Lipinski definition) is 1. The number of aryl methyl sites for hydroxylation is 1. The highest BCUT2D eigenvalue weighted by atomic mass is 16.1. The lowest BCUT2D eigenvalue weighted by molar-refractivity contribution is -0.926. The van der Waals surface area contributed by atoms with Crippen LogP contribution in [-0.4, -0.2) is 30.5 Å². The number of hydrogen-bond donors (Lipinski definition) is 1. The predicted molar refractivity (Wildman–Crippen MR) is 134 cm³/mol. The fourth-order valence-corrected chi connectivity index (χ4v) is 4.49. The maximum absolute atomic E-state index is 12.4. The Hall–Kier alpha value is -3.17. The molecule has 1 amide bonds. The molecule has 0 spiro atoms. The molecule has 1 saturated heterocycles. The van der Waals surface area contributed by atoms with E-state index in [0.29, 0.717) is 0 Å². The third kappa shape index (κ3) is 5.95. The van der Waals surface area contributed by atoms with Crippen LogP contribution < -0.4 is 5.32 Å². The number of anilines is 1. The van der Waals surface area contributed by atoms with E-state index in [2.05, 4.69) is 67.8 Å². The second kappa shape index (κ2) is 9.97. The van der Waals surface area contributed by atoms with Gasteiger partial charge in [0.1, 0.15) is 6.54 Å². The van der Waals surface area contributed by atoms with Crippen LogP contribution in [0.1, 0.15) is 36.0 Å². The van der Waals surface area contributed by atoms with Crippen LogP contribution in [-0.2, 0) is 11.3 Å². The zero-order chi connectivity index (χ0) is 22.4. The molecule has 0 atom stereocenters. The Morgan fingerprint density at radius 3 is 2.34 bits per heavy atom. The SMILES string of the molecule is Cc1ccc(-c2cccc(/C=C/C(=O)Nc3ccc(C[N+]4(C)CCCCC4)cc3)c2)cc1. The van der Waals surface area contributed by atoms with E-state index < -0.39 is 0 Å². The van der Waals surface area contributed by atoms with Gasteiger partial charge in [-0.25, -0.2) is 0 Å². The quantitative estimate of drug-likeness (QED) is 0.357. The third-order valence-corrected chi connectivity index (χ3v) is 6.38. The van der Waals surface area contributed by atoms with Crippen molar-refractivity contribution in [1.29, 1.82) is 0 Å². The number of carbonyl (C=O) groups is 1. The van der Waals surface area contributed by atoms with Gasteiger partial charge in [0.2, 0.25) is 5.91 Å². The minimum Gasteiger partial charge on any atom is -0.323 e. The summed E-state index contributed by atoms with van der Waals surface area (Å²) < 4.78 is 1.12. The van der Waals surface area contributed by atoms with Crippen LogP contribution in [0.3, 0.4) is 0 Å². The molecule has 3 aromatic rings. The fraction of sp³-hybridized carbons (Fsp3) is 0.276. The van der Waals surface area contributed by atoms with Crippen LogP contribution in [0.4, 0.5) is 5.69 Å². The van der Waals surface area contributed by atoms with Gasteiger partial charge in [0, 0.05) is 17.3 Å². The van der Waals surface area contributed by atoms with Crippen molar-refractivity contribution in [2.75, 3.05) is 25.5 Å². The zero-order valence-corrected chi connectivity index (χ0v) is 19.2. The van der Waals surface area contributed by atoms with Crippen molar-refractivity contribution >= 4 is 17.7 Å². The molecule has 1 aliphatic heterocycles. The Bertz CT molecular complexity index is 1070. The Labute approximate surface area is 192 Å². The van der Waals surface area contributed by atoms with E-state index >= 15 is 0 Å². The zero-order valence-electron chi connectivity index (χ0n) is 19.2. The molecule has 164 valence electrons. The van der Waals surface area contributed by atoms with Gasteiger partial charge in [-0.3, -0.25) is 4.79 Å². The predicted octanol–water partition coefficient (Wildman–Crippen LogP) is 6.44. The van der Waals surface area contributed by atoms with Gasteiger partial charge in [-0.15, -0.1) is 0 Å². The molecule has 3 nitrogen and oxygen atoms in total. The van der Waals surface area contributed by atoms with Gasteiger partial charge < -0.3 is 9.80 Å². The summed E-state index contributed by atoms with van der Waals surface area (Å²) >= 11 is 0. The van der Waals surface area contributed by atoms with E-state index in [-0.39, 0.29) is 5.91 Å². The summed E-state index contributed by atoms with van der Waals surface area (Å²) in [7, 11) is 2.35. The number of nitrogens with one attached hydrogen (secondary N) is 1. The molecule has 1 heterocycles. The molecule has 0 radical (unpaired) electrons. The van der Waals surface area contributed by atoms with Crippen LogP contribution in [0.15, 0.2) is 78.9 Å².